The maximum absolute atomic E-state index is 11.0. The van der Waals surface area contributed by atoms with Gasteiger partial charge in [0.1, 0.15) is 0 Å². The minimum Gasteiger partial charge on any atom is -0.268 e. The highest BCUT2D eigenvalue weighted by Gasteiger charge is 2.08. The molecule has 0 radical (unpaired) electrons. The number of rotatable bonds is 3. The van der Waals surface area contributed by atoms with Crippen LogP contribution in [0.1, 0.15) is 5.56 Å². The third-order valence-electron chi connectivity index (χ3n) is 2.11. The van der Waals surface area contributed by atoms with E-state index in [2.05, 4.69) is 5.10 Å². The first kappa shape index (κ1) is 11.2. The summed E-state index contributed by atoms with van der Waals surface area (Å²) in [5, 5.41) is 4.06. The molecule has 2 rings (SSSR count). The van der Waals surface area contributed by atoms with Gasteiger partial charge in [-0.15, -0.1) is 0 Å². The maximum Gasteiger partial charge on any atom is 0.261 e. The number of aromatic nitrogens is 2. The van der Waals surface area contributed by atoms with Crippen LogP contribution in [-0.2, 0) is 15.6 Å². The van der Waals surface area contributed by atoms with Crippen LogP contribution in [0.5, 0.6) is 0 Å². The van der Waals surface area contributed by atoms with Crippen molar-refractivity contribution >= 4 is 19.7 Å². The highest BCUT2D eigenvalue weighted by atomic mass is 35.7. The second kappa shape index (κ2) is 4.27. The smallest absolute Gasteiger partial charge is 0.261 e. The van der Waals surface area contributed by atoms with Gasteiger partial charge in [0.05, 0.1) is 11.4 Å². The first-order valence-electron chi connectivity index (χ1n) is 4.57. The van der Waals surface area contributed by atoms with E-state index in [-0.39, 0.29) is 4.90 Å². The molecule has 0 N–H and O–H groups in total. The van der Waals surface area contributed by atoms with Gasteiger partial charge in [-0.05, 0) is 23.8 Å². The van der Waals surface area contributed by atoms with Gasteiger partial charge in [-0.25, -0.2) is 8.42 Å². The number of hydrogen-bond donors (Lipinski definition) is 0. The van der Waals surface area contributed by atoms with E-state index in [9.17, 15) is 8.42 Å². The molecular weight excluding hydrogens is 248 g/mol. The Bertz CT molecular complexity index is 561. The average molecular weight is 257 g/mol. The van der Waals surface area contributed by atoms with E-state index in [4.69, 9.17) is 10.7 Å². The number of hydrogen-bond acceptors (Lipinski definition) is 3. The summed E-state index contributed by atoms with van der Waals surface area (Å²) in [6.07, 6.45) is 3.53. The Labute approximate surface area is 97.9 Å². The van der Waals surface area contributed by atoms with Crippen LogP contribution in [0, 0.1) is 0 Å². The van der Waals surface area contributed by atoms with Crippen LogP contribution in [0.4, 0.5) is 0 Å². The van der Waals surface area contributed by atoms with Crippen molar-refractivity contribution in [1.82, 2.24) is 9.78 Å². The fourth-order valence-corrected chi connectivity index (χ4v) is 2.11. The van der Waals surface area contributed by atoms with Crippen LogP contribution in [0.25, 0.3) is 0 Å². The molecule has 6 heteroatoms. The van der Waals surface area contributed by atoms with Crippen molar-refractivity contribution in [2.24, 2.45) is 0 Å². The van der Waals surface area contributed by atoms with Gasteiger partial charge in [-0.3, -0.25) is 4.68 Å². The minimum absolute atomic E-state index is 0.110. The van der Waals surface area contributed by atoms with Crippen LogP contribution in [0.2, 0.25) is 0 Å². The Kier molecular flexibility index (Phi) is 2.98. The largest absolute Gasteiger partial charge is 0.268 e. The van der Waals surface area contributed by atoms with Gasteiger partial charge in [-0.2, -0.15) is 5.10 Å². The third-order valence-corrected chi connectivity index (χ3v) is 3.48. The zero-order valence-electron chi connectivity index (χ0n) is 8.25. The van der Waals surface area contributed by atoms with E-state index in [0.29, 0.717) is 6.54 Å². The summed E-state index contributed by atoms with van der Waals surface area (Å²) in [6, 6.07) is 8.24. The van der Waals surface area contributed by atoms with E-state index < -0.39 is 9.05 Å². The monoisotopic (exact) mass is 256 g/mol. The van der Waals surface area contributed by atoms with E-state index in [1.807, 2.05) is 12.3 Å². The molecule has 0 aliphatic heterocycles. The summed E-state index contributed by atoms with van der Waals surface area (Å²) in [4.78, 5) is 0.110. The topological polar surface area (TPSA) is 52.0 Å². The van der Waals surface area contributed by atoms with Gasteiger partial charge >= 0.3 is 0 Å². The Hall–Kier alpha value is -1.33. The van der Waals surface area contributed by atoms with E-state index >= 15 is 0 Å². The molecule has 1 aromatic heterocycles. The van der Waals surface area contributed by atoms with E-state index in [1.54, 1.807) is 23.0 Å². The zero-order valence-corrected chi connectivity index (χ0v) is 9.82. The molecule has 1 aromatic carbocycles. The van der Waals surface area contributed by atoms with Crippen LogP contribution >= 0.6 is 10.7 Å². The molecule has 0 saturated carbocycles. The lowest BCUT2D eigenvalue weighted by molar-refractivity contribution is 0.609. The lowest BCUT2D eigenvalue weighted by Crippen LogP contribution is -2.00. The van der Waals surface area contributed by atoms with Crippen LogP contribution in [0.3, 0.4) is 0 Å². The maximum atomic E-state index is 11.0. The van der Waals surface area contributed by atoms with Crippen LogP contribution in [0.15, 0.2) is 47.6 Å². The van der Waals surface area contributed by atoms with Crippen molar-refractivity contribution in [3.8, 4) is 0 Å². The second-order valence-electron chi connectivity index (χ2n) is 3.29. The highest BCUT2D eigenvalue weighted by molar-refractivity contribution is 8.13. The fraction of sp³-hybridized carbons (Fsp3) is 0.100. The van der Waals surface area contributed by atoms with Gasteiger partial charge in [-0.1, -0.05) is 12.1 Å². The summed E-state index contributed by atoms with van der Waals surface area (Å²) in [6.45, 7) is 0.607. The predicted octanol–water partition coefficient (Wildman–Crippen LogP) is 1.86. The Morgan fingerprint density at radius 2 is 1.94 bits per heavy atom. The summed E-state index contributed by atoms with van der Waals surface area (Å²) in [5.41, 5.74) is 0.966. The van der Waals surface area contributed by atoms with Crippen molar-refractivity contribution in [2.45, 2.75) is 11.4 Å². The molecule has 0 saturated heterocycles. The van der Waals surface area contributed by atoms with E-state index in [1.165, 1.54) is 12.1 Å². The molecular formula is C10H9ClN2O2S. The van der Waals surface area contributed by atoms with Crippen LogP contribution < -0.4 is 0 Å². The molecule has 1 heterocycles. The molecule has 0 bridgehead atoms. The predicted molar refractivity (Wildman–Crippen MR) is 60.8 cm³/mol. The Morgan fingerprint density at radius 1 is 1.25 bits per heavy atom. The Balaban J connectivity index is 2.20. The van der Waals surface area contributed by atoms with Crippen molar-refractivity contribution in [3.63, 3.8) is 0 Å². The average Bonchev–Trinajstić information content (AvgIpc) is 2.70. The summed E-state index contributed by atoms with van der Waals surface area (Å²) >= 11 is 0. The minimum atomic E-state index is -3.63. The molecule has 0 spiro atoms. The molecule has 4 nitrogen and oxygen atoms in total. The Morgan fingerprint density at radius 3 is 2.44 bits per heavy atom. The number of halogens is 1. The molecule has 84 valence electrons. The SMILES string of the molecule is O=S(=O)(Cl)c1ccc(Cn2cccn2)cc1. The van der Waals surface area contributed by atoms with Gasteiger partial charge in [0.2, 0.25) is 0 Å². The standard InChI is InChI=1S/C10H9ClN2O2S/c11-16(14,15)10-4-2-9(3-5-10)8-13-7-1-6-12-13/h1-7H,8H2. The fourth-order valence-electron chi connectivity index (χ4n) is 1.34. The third kappa shape index (κ3) is 2.62. The van der Waals surface area contributed by atoms with Crippen LogP contribution in [-0.4, -0.2) is 18.2 Å². The van der Waals surface area contributed by atoms with E-state index in [0.717, 1.165) is 5.56 Å². The molecule has 0 unspecified atom stereocenters. The van der Waals surface area contributed by atoms with Crippen molar-refractivity contribution < 1.29 is 8.42 Å². The van der Waals surface area contributed by atoms with Crippen molar-refractivity contribution in [1.29, 1.82) is 0 Å². The van der Waals surface area contributed by atoms with Crippen molar-refractivity contribution in [2.75, 3.05) is 0 Å². The lowest BCUT2D eigenvalue weighted by Gasteiger charge is -2.02. The zero-order chi connectivity index (χ0) is 11.6. The molecule has 0 fully saturated rings. The normalized spacial score (nSPS) is 11.6. The van der Waals surface area contributed by atoms with Crippen molar-refractivity contribution in [3.05, 3.63) is 48.3 Å². The number of nitrogens with zero attached hydrogens (tertiary/aromatic N) is 2. The second-order valence-corrected chi connectivity index (χ2v) is 5.85. The quantitative estimate of drug-likeness (QED) is 0.788. The number of benzene rings is 1. The molecule has 2 aromatic rings. The molecule has 0 aliphatic rings. The summed E-state index contributed by atoms with van der Waals surface area (Å²) in [5.74, 6) is 0. The van der Waals surface area contributed by atoms with Gasteiger partial charge < -0.3 is 0 Å². The summed E-state index contributed by atoms with van der Waals surface area (Å²) in [7, 11) is 1.58. The lowest BCUT2D eigenvalue weighted by atomic mass is 10.2. The molecule has 16 heavy (non-hydrogen) atoms. The molecule has 0 amide bonds. The molecule has 0 aliphatic carbocycles. The van der Waals surface area contributed by atoms with Gasteiger partial charge in [0.25, 0.3) is 9.05 Å². The van der Waals surface area contributed by atoms with Gasteiger partial charge in [0.15, 0.2) is 0 Å². The first-order chi connectivity index (χ1) is 7.55. The molecule has 0 atom stereocenters. The highest BCUT2D eigenvalue weighted by Crippen LogP contribution is 2.15. The van der Waals surface area contributed by atoms with Gasteiger partial charge in [0, 0.05) is 23.1 Å². The first-order valence-corrected chi connectivity index (χ1v) is 6.88. The summed E-state index contributed by atoms with van der Waals surface area (Å²) < 4.78 is 23.8.